The second-order valence-corrected chi connectivity index (χ2v) is 5.48. The number of benzene rings is 1. The summed E-state index contributed by atoms with van der Waals surface area (Å²) < 4.78 is 2.89. The van der Waals surface area contributed by atoms with Crippen LogP contribution in [0.15, 0.2) is 28.7 Å². The molecule has 2 aromatic rings. The average molecular weight is 309 g/mol. The van der Waals surface area contributed by atoms with Crippen molar-refractivity contribution < 1.29 is 5.11 Å². The van der Waals surface area contributed by atoms with E-state index in [0.29, 0.717) is 6.42 Å². The molecule has 96 valence electrons. The monoisotopic (exact) mass is 308 g/mol. The summed E-state index contributed by atoms with van der Waals surface area (Å²) in [5, 5.41) is 14.6. The van der Waals surface area contributed by atoms with Crippen molar-refractivity contribution in [3.63, 3.8) is 0 Å². The van der Waals surface area contributed by atoms with Crippen LogP contribution in [0.25, 0.3) is 0 Å². The third kappa shape index (κ3) is 2.82. The number of hydrogen-bond acceptors (Lipinski definition) is 2. The van der Waals surface area contributed by atoms with Gasteiger partial charge < -0.3 is 5.11 Å². The number of halogens is 1. The highest BCUT2D eigenvalue weighted by molar-refractivity contribution is 9.10. The van der Waals surface area contributed by atoms with Crippen LogP contribution in [-0.2, 0) is 13.5 Å². The van der Waals surface area contributed by atoms with Gasteiger partial charge in [0.1, 0.15) is 0 Å². The lowest BCUT2D eigenvalue weighted by molar-refractivity contribution is 0.175. The summed E-state index contributed by atoms with van der Waals surface area (Å²) in [5.41, 5.74) is 4.09. The molecule has 0 saturated heterocycles. The van der Waals surface area contributed by atoms with Gasteiger partial charge in [0, 0.05) is 23.6 Å². The molecule has 0 radical (unpaired) electrons. The quantitative estimate of drug-likeness (QED) is 0.946. The normalized spacial score (nSPS) is 12.7. The SMILES string of the molecule is Cc1cc(CC(O)c2ccc(Br)c(C)c2)n(C)n1. The molecule has 1 unspecified atom stereocenters. The van der Waals surface area contributed by atoms with Gasteiger partial charge in [-0.2, -0.15) is 5.10 Å². The number of aromatic nitrogens is 2. The van der Waals surface area contributed by atoms with Crippen LogP contribution < -0.4 is 0 Å². The van der Waals surface area contributed by atoms with Crippen LogP contribution in [0, 0.1) is 13.8 Å². The van der Waals surface area contributed by atoms with Gasteiger partial charge in [0.2, 0.25) is 0 Å². The number of rotatable bonds is 3. The molecular weight excluding hydrogens is 292 g/mol. The third-order valence-corrected chi connectivity index (χ3v) is 3.96. The fourth-order valence-electron chi connectivity index (χ4n) is 2.05. The maximum absolute atomic E-state index is 10.3. The zero-order valence-electron chi connectivity index (χ0n) is 10.8. The highest BCUT2D eigenvalue weighted by Crippen LogP contribution is 2.23. The van der Waals surface area contributed by atoms with Crippen LogP contribution in [0.2, 0.25) is 0 Å². The number of aryl methyl sites for hydroxylation is 3. The first kappa shape index (κ1) is 13.3. The van der Waals surface area contributed by atoms with Crippen molar-refractivity contribution in [3.8, 4) is 0 Å². The number of nitrogens with zero attached hydrogens (tertiary/aromatic N) is 2. The lowest BCUT2D eigenvalue weighted by Crippen LogP contribution is -2.06. The minimum Gasteiger partial charge on any atom is -0.388 e. The molecule has 0 aliphatic rings. The third-order valence-electron chi connectivity index (χ3n) is 3.07. The molecule has 0 aliphatic heterocycles. The molecule has 0 spiro atoms. The molecule has 1 atom stereocenters. The standard InChI is InChI=1S/C14H17BrN2O/c1-9-6-11(4-5-13(9)15)14(18)8-12-7-10(2)16-17(12)3/h4-7,14,18H,8H2,1-3H3. The first-order valence-corrected chi connectivity index (χ1v) is 6.70. The first-order valence-electron chi connectivity index (χ1n) is 5.91. The van der Waals surface area contributed by atoms with E-state index in [4.69, 9.17) is 0 Å². The van der Waals surface area contributed by atoms with Crippen LogP contribution in [-0.4, -0.2) is 14.9 Å². The van der Waals surface area contributed by atoms with Crippen molar-refractivity contribution in [2.75, 3.05) is 0 Å². The Morgan fingerprint density at radius 2 is 2.06 bits per heavy atom. The molecule has 1 N–H and O–H groups in total. The Kier molecular flexibility index (Phi) is 3.88. The van der Waals surface area contributed by atoms with Gasteiger partial charge in [-0.25, -0.2) is 0 Å². The molecule has 0 saturated carbocycles. The van der Waals surface area contributed by atoms with Crippen LogP contribution in [0.3, 0.4) is 0 Å². The molecule has 0 fully saturated rings. The zero-order valence-corrected chi connectivity index (χ0v) is 12.4. The molecule has 1 heterocycles. The summed E-state index contributed by atoms with van der Waals surface area (Å²) in [6.07, 6.45) is 0.0879. The van der Waals surface area contributed by atoms with Crippen molar-refractivity contribution in [1.29, 1.82) is 0 Å². The Bertz CT molecular complexity index is 563. The minimum atomic E-state index is -0.494. The van der Waals surface area contributed by atoms with Gasteiger partial charge in [-0.05, 0) is 37.1 Å². The highest BCUT2D eigenvalue weighted by Gasteiger charge is 2.12. The maximum atomic E-state index is 10.3. The Balaban J connectivity index is 2.19. The smallest absolute Gasteiger partial charge is 0.0845 e. The van der Waals surface area contributed by atoms with Gasteiger partial charge in [-0.3, -0.25) is 4.68 Å². The fourth-order valence-corrected chi connectivity index (χ4v) is 2.29. The Labute approximate surface area is 116 Å². The lowest BCUT2D eigenvalue weighted by atomic mass is 10.0. The predicted octanol–water partition coefficient (Wildman–Crippen LogP) is 3.08. The summed E-state index contributed by atoms with van der Waals surface area (Å²) in [6.45, 7) is 3.98. The Morgan fingerprint density at radius 1 is 1.33 bits per heavy atom. The van der Waals surface area contributed by atoms with Gasteiger partial charge >= 0.3 is 0 Å². The van der Waals surface area contributed by atoms with E-state index in [1.165, 1.54) is 0 Å². The van der Waals surface area contributed by atoms with E-state index in [-0.39, 0.29) is 0 Å². The molecule has 0 aliphatic carbocycles. The Morgan fingerprint density at radius 3 is 2.61 bits per heavy atom. The van der Waals surface area contributed by atoms with Crippen molar-refractivity contribution >= 4 is 15.9 Å². The summed E-state index contributed by atoms with van der Waals surface area (Å²) in [6, 6.07) is 7.94. The van der Waals surface area contributed by atoms with Crippen molar-refractivity contribution in [3.05, 3.63) is 51.3 Å². The maximum Gasteiger partial charge on any atom is 0.0845 e. The van der Waals surface area contributed by atoms with Crippen molar-refractivity contribution in [2.24, 2.45) is 7.05 Å². The van der Waals surface area contributed by atoms with Gasteiger partial charge in [-0.1, -0.05) is 28.1 Å². The fraction of sp³-hybridized carbons (Fsp3) is 0.357. The zero-order chi connectivity index (χ0) is 13.3. The average Bonchev–Trinajstić information content (AvgIpc) is 2.61. The second-order valence-electron chi connectivity index (χ2n) is 4.63. The van der Waals surface area contributed by atoms with Crippen LogP contribution in [0.5, 0.6) is 0 Å². The highest BCUT2D eigenvalue weighted by atomic mass is 79.9. The van der Waals surface area contributed by atoms with Crippen molar-refractivity contribution in [1.82, 2.24) is 9.78 Å². The first-order chi connectivity index (χ1) is 8.47. The molecule has 18 heavy (non-hydrogen) atoms. The molecule has 0 amide bonds. The number of aliphatic hydroxyl groups excluding tert-OH is 1. The van der Waals surface area contributed by atoms with E-state index in [1.54, 1.807) is 0 Å². The van der Waals surface area contributed by atoms with E-state index in [0.717, 1.165) is 27.0 Å². The largest absolute Gasteiger partial charge is 0.388 e. The van der Waals surface area contributed by atoms with Gasteiger partial charge in [0.05, 0.1) is 11.8 Å². The molecule has 1 aromatic carbocycles. The van der Waals surface area contributed by atoms with E-state index in [1.807, 2.05) is 49.8 Å². The van der Waals surface area contributed by atoms with Gasteiger partial charge in [-0.15, -0.1) is 0 Å². The van der Waals surface area contributed by atoms with Crippen LogP contribution in [0.4, 0.5) is 0 Å². The number of hydrogen-bond donors (Lipinski definition) is 1. The molecular formula is C14H17BrN2O. The Hall–Kier alpha value is -1.13. The second kappa shape index (κ2) is 5.24. The summed E-state index contributed by atoms with van der Waals surface area (Å²) in [7, 11) is 1.90. The summed E-state index contributed by atoms with van der Waals surface area (Å²) in [4.78, 5) is 0. The van der Waals surface area contributed by atoms with E-state index < -0.39 is 6.10 Å². The topological polar surface area (TPSA) is 38.0 Å². The molecule has 1 aromatic heterocycles. The lowest BCUT2D eigenvalue weighted by Gasteiger charge is -2.12. The molecule has 2 rings (SSSR count). The van der Waals surface area contributed by atoms with Gasteiger partial charge in [0.15, 0.2) is 0 Å². The summed E-state index contributed by atoms with van der Waals surface area (Å²) in [5.74, 6) is 0. The van der Waals surface area contributed by atoms with Crippen LogP contribution >= 0.6 is 15.9 Å². The number of aliphatic hydroxyl groups is 1. The van der Waals surface area contributed by atoms with Crippen molar-refractivity contribution in [2.45, 2.75) is 26.4 Å². The summed E-state index contributed by atoms with van der Waals surface area (Å²) >= 11 is 3.46. The molecule has 0 bridgehead atoms. The molecule has 3 nitrogen and oxygen atoms in total. The minimum absolute atomic E-state index is 0.494. The predicted molar refractivity (Wildman–Crippen MR) is 75.5 cm³/mol. The van der Waals surface area contributed by atoms with Gasteiger partial charge in [0.25, 0.3) is 0 Å². The van der Waals surface area contributed by atoms with E-state index in [2.05, 4.69) is 21.0 Å². The molecule has 4 heteroatoms. The van der Waals surface area contributed by atoms with E-state index in [9.17, 15) is 5.11 Å². The van der Waals surface area contributed by atoms with E-state index >= 15 is 0 Å². The van der Waals surface area contributed by atoms with Crippen LogP contribution in [0.1, 0.15) is 28.6 Å².